The minimum absolute atomic E-state index is 0.215. The van der Waals surface area contributed by atoms with Crippen molar-refractivity contribution in [3.63, 3.8) is 0 Å². The van der Waals surface area contributed by atoms with Crippen molar-refractivity contribution in [1.29, 1.82) is 0 Å². The zero-order valence-corrected chi connectivity index (χ0v) is 18.8. The molecule has 0 heterocycles. The number of carbonyl (C=O) groups excluding carboxylic acids is 2. The summed E-state index contributed by atoms with van der Waals surface area (Å²) in [5.41, 5.74) is 7.11. The van der Waals surface area contributed by atoms with Crippen LogP contribution in [0.2, 0.25) is 0 Å². The maximum Gasteiger partial charge on any atom is 0.247 e. The van der Waals surface area contributed by atoms with Crippen molar-refractivity contribution in [2.45, 2.75) is 45.6 Å². The molecule has 0 radical (unpaired) electrons. The van der Waals surface area contributed by atoms with Gasteiger partial charge in [0.15, 0.2) is 0 Å². The molecule has 31 heavy (non-hydrogen) atoms. The average molecular weight is 426 g/mol. The molecule has 0 aliphatic heterocycles. The smallest absolute Gasteiger partial charge is 0.247 e. The highest BCUT2D eigenvalue weighted by Gasteiger charge is 2.25. The number of nitrogens with two attached hydrogens (primary N) is 1. The molecule has 0 saturated heterocycles. The number of nitrogens with one attached hydrogen (secondary N) is 2. The maximum atomic E-state index is 12.9. The molecule has 2 aromatic rings. The van der Waals surface area contributed by atoms with Gasteiger partial charge in [0.1, 0.15) is 11.8 Å². The van der Waals surface area contributed by atoms with Gasteiger partial charge in [0.2, 0.25) is 11.8 Å². The van der Waals surface area contributed by atoms with Gasteiger partial charge in [-0.25, -0.2) is 0 Å². The number of rotatable bonds is 12. The van der Waals surface area contributed by atoms with E-state index in [0.717, 1.165) is 24.2 Å². The van der Waals surface area contributed by atoms with Crippen LogP contribution in [0.15, 0.2) is 54.6 Å². The van der Waals surface area contributed by atoms with E-state index in [1.807, 2.05) is 61.5 Å². The minimum atomic E-state index is -0.807. The van der Waals surface area contributed by atoms with Gasteiger partial charge >= 0.3 is 0 Å². The Morgan fingerprint density at radius 1 is 0.968 bits per heavy atom. The van der Waals surface area contributed by atoms with Gasteiger partial charge in [-0.2, -0.15) is 0 Å². The Kier molecular flexibility index (Phi) is 10.0. The lowest BCUT2D eigenvalue weighted by Crippen LogP contribution is -2.43. The Hall–Kier alpha value is -2.86. The number of ether oxygens (including phenoxy) is 1. The van der Waals surface area contributed by atoms with Crippen molar-refractivity contribution in [2.24, 2.45) is 11.7 Å². The third-order valence-electron chi connectivity index (χ3n) is 5.21. The van der Waals surface area contributed by atoms with Gasteiger partial charge in [0, 0.05) is 13.1 Å². The summed E-state index contributed by atoms with van der Waals surface area (Å²) in [4.78, 5) is 25.6. The van der Waals surface area contributed by atoms with E-state index >= 15 is 0 Å². The second kappa shape index (κ2) is 12.7. The van der Waals surface area contributed by atoms with Crippen LogP contribution in [0, 0.1) is 5.92 Å². The van der Waals surface area contributed by atoms with Crippen LogP contribution in [-0.4, -0.2) is 31.5 Å². The van der Waals surface area contributed by atoms with Gasteiger partial charge in [-0.3, -0.25) is 9.59 Å². The molecule has 2 rings (SSSR count). The molecule has 0 bridgehead atoms. The summed E-state index contributed by atoms with van der Waals surface area (Å²) in [5, 5.41) is 5.67. The molecule has 2 aromatic carbocycles. The highest BCUT2D eigenvalue weighted by molar-refractivity contribution is 5.91. The third kappa shape index (κ3) is 7.72. The summed E-state index contributed by atoms with van der Waals surface area (Å²) in [5.74, 6) is 0.348. The number of benzene rings is 2. The van der Waals surface area contributed by atoms with E-state index < -0.39 is 6.04 Å². The predicted octanol–water partition coefficient (Wildman–Crippen LogP) is 3.54. The predicted molar refractivity (Wildman–Crippen MR) is 124 cm³/mol. The molecule has 0 aromatic heterocycles. The molecule has 0 spiro atoms. The normalized spacial score (nSPS) is 13.7. The molecular weight excluding hydrogens is 390 g/mol. The van der Waals surface area contributed by atoms with Gasteiger partial charge in [0.25, 0.3) is 0 Å². The Balaban J connectivity index is 2.12. The van der Waals surface area contributed by atoms with Crippen LogP contribution in [-0.2, 0) is 9.59 Å². The fourth-order valence-electron chi connectivity index (χ4n) is 3.33. The Bertz CT molecular complexity index is 809. The van der Waals surface area contributed by atoms with E-state index in [-0.39, 0.29) is 17.7 Å². The summed E-state index contributed by atoms with van der Waals surface area (Å²) in [7, 11) is 0. The summed E-state index contributed by atoms with van der Waals surface area (Å²) in [6.45, 7) is 7.48. The topological polar surface area (TPSA) is 93.4 Å². The van der Waals surface area contributed by atoms with Crippen LogP contribution in [0.3, 0.4) is 0 Å². The van der Waals surface area contributed by atoms with Gasteiger partial charge in [0.05, 0.1) is 12.5 Å². The van der Waals surface area contributed by atoms with Gasteiger partial charge in [-0.05, 0) is 42.5 Å². The van der Waals surface area contributed by atoms with E-state index in [2.05, 4.69) is 24.5 Å². The summed E-state index contributed by atoms with van der Waals surface area (Å²) in [6, 6.07) is 16.0. The summed E-state index contributed by atoms with van der Waals surface area (Å²) in [6.07, 6.45) is 2.25. The van der Waals surface area contributed by atoms with E-state index in [4.69, 9.17) is 10.5 Å². The van der Waals surface area contributed by atoms with Crippen molar-refractivity contribution in [3.8, 4) is 5.75 Å². The molecule has 4 N–H and O–H groups in total. The first-order chi connectivity index (χ1) is 15.0. The van der Waals surface area contributed by atoms with Crippen LogP contribution in [0.1, 0.15) is 56.7 Å². The molecule has 0 fully saturated rings. The molecule has 2 amide bonds. The molecule has 3 atom stereocenters. The zero-order valence-electron chi connectivity index (χ0n) is 18.8. The number of amides is 2. The molecular formula is C25H35N3O3. The van der Waals surface area contributed by atoms with Crippen LogP contribution >= 0.6 is 0 Å². The van der Waals surface area contributed by atoms with Gasteiger partial charge in [-0.15, -0.1) is 0 Å². The molecule has 6 heteroatoms. The first-order valence-electron chi connectivity index (χ1n) is 11.0. The Morgan fingerprint density at radius 3 is 2.26 bits per heavy atom. The quantitative estimate of drug-likeness (QED) is 0.485. The fourth-order valence-corrected chi connectivity index (χ4v) is 3.33. The van der Waals surface area contributed by atoms with Crippen LogP contribution in [0.25, 0.3) is 0 Å². The van der Waals surface area contributed by atoms with Crippen molar-refractivity contribution in [2.75, 3.05) is 19.7 Å². The lowest BCUT2D eigenvalue weighted by Gasteiger charge is -2.21. The monoisotopic (exact) mass is 425 g/mol. The maximum absolute atomic E-state index is 12.9. The first kappa shape index (κ1) is 24.4. The van der Waals surface area contributed by atoms with Crippen LogP contribution in [0.5, 0.6) is 5.75 Å². The summed E-state index contributed by atoms with van der Waals surface area (Å²) >= 11 is 0. The number of carbonyl (C=O) groups is 2. The lowest BCUT2D eigenvalue weighted by molar-refractivity contribution is -0.129. The first-order valence-corrected chi connectivity index (χ1v) is 11.0. The van der Waals surface area contributed by atoms with Gasteiger partial charge < -0.3 is 21.1 Å². The lowest BCUT2D eigenvalue weighted by atomic mass is 9.99. The largest absolute Gasteiger partial charge is 0.493 e. The minimum Gasteiger partial charge on any atom is -0.493 e. The highest BCUT2D eigenvalue weighted by Crippen LogP contribution is 2.22. The van der Waals surface area contributed by atoms with E-state index in [1.54, 1.807) is 0 Å². The zero-order chi connectivity index (χ0) is 22.6. The molecule has 1 unspecified atom stereocenters. The SMILES string of the molecule is CCCC(C)COc1ccc([C@@H](NC(=O)[C@@H](C)c2ccccc2)C(=O)NCCN)cc1. The van der Waals surface area contributed by atoms with Crippen molar-refractivity contribution >= 4 is 11.8 Å². The average Bonchev–Trinajstić information content (AvgIpc) is 2.80. The Labute approximate surface area is 185 Å². The second-order valence-electron chi connectivity index (χ2n) is 7.93. The van der Waals surface area contributed by atoms with Crippen molar-refractivity contribution in [3.05, 3.63) is 65.7 Å². The Morgan fingerprint density at radius 2 is 1.65 bits per heavy atom. The molecule has 0 aliphatic rings. The second-order valence-corrected chi connectivity index (χ2v) is 7.93. The van der Waals surface area contributed by atoms with E-state index in [9.17, 15) is 9.59 Å². The van der Waals surface area contributed by atoms with Crippen LogP contribution < -0.4 is 21.1 Å². The van der Waals surface area contributed by atoms with E-state index in [1.165, 1.54) is 0 Å². The van der Waals surface area contributed by atoms with Crippen molar-refractivity contribution in [1.82, 2.24) is 10.6 Å². The fraction of sp³-hybridized carbons (Fsp3) is 0.440. The number of hydrogen-bond donors (Lipinski definition) is 3. The van der Waals surface area contributed by atoms with Crippen LogP contribution in [0.4, 0.5) is 0 Å². The standard InChI is InChI=1S/C25H35N3O3/c1-4-8-18(2)17-31-22-13-11-21(12-14-22)23(25(30)27-16-15-26)28-24(29)19(3)20-9-6-5-7-10-20/h5-7,9-14,18-19,23H,4,8,15-17,26H2,1-3H3,(H,27,30)(H,28,29)/t18?,19-,23+/m0/s1. The van der Waals surface area contributed by atoms with Gasteiger partial charge in [-0.1, -0.05) is 62.7 Å². The molecule has 0 saturated carbocycles. The molecule has 168 valence electrons. The third-order valence-corrected chi connectivity index (χ3v) is 5.21. The molecule has 6 nitrogen and oxygen atoms in total. The number of hydrogen-bond acceptors (Lipinski definition) is 4. The van der Waals surface area contributed by atoms with E-state index in [0.29, 0.717) is 31.2 Å². The molecule has 0 aliphatic carbocycles. The summed E-state index contributed by atoms with van der Waals surface area (Å²) < 4.78 is 5.85. The highest BCUT2D eigenvalue weighted by atomic mass is 16.5. The van der Waals surface area contributed by atoms with Crippen molar-refractivity contribution < 1.29 is 14.3 Å².